The number of hydrogen-bond acceptors (Lipinski definition) is 4. The average Bonchev–Trinajstić information content (AvgIpc) is 2.79. The molecule has 0 atom stereocenters. The highest BCUT2D eigenvalue weighted by atomic mass is 32.1. The van der Waals surface area contributed by atoms with E-state index in [1.165, 1.54) is 6.42 Å². The Morgan fingerprint density at radius 1 is 1.00 bits per heavy atom. The number of benzene rings is 2. The summed E-state index contributed by atoms with van der Waals surface area (Å²) in [5.41, 5.74) is 1.65. The van der Waals surface area contributed by atoms with Gasteiger partial charge in [0, 0.05) is 18.7 Å². The summed E-state index contributed by atoms with van der Waals surface area (Å²) in [4.78, 5) is 27.2. The Balaban J connectivity index is 1.66. The fourth-order valence-corrected chi connectivity index (χ4v) is 3.98. The lowest BCUT2D eigenvalue weighted by Gasteiger charge is -2.26. The first-order valence-electron chi connectivity index (χ1n) is 11.1. The van der Waals surface area contributed by atoms with Crippen LogP contribution in [0.5, 0.6) is 5.75 Å². The van der Waals surface area contributed by atoms with Gasteiger partial charge < -0.3 is 15.0 Å². The molecule has 6 nitrogen and oxygen atoms in total. The monoisotopic (exact) mass is 453 g/mol. The maximum Gasteiger partial charge on any atom is 0.257 e. The standard InChI is InChI=1S/C25H31N3O3S/c1-17(2)31-20-15-13-18(14-16-20)23(29)27-25(32)28(3)22-12-8-7-11-21(22)24(30)26-19-9-5-4-6-10-19/h7-8,11-17,19H,4-6,9-10H2,1-3H3,(H,26,30)(H,27,29,32). The third kappa shape index (κ3) is 6.29. The van der Waals surface area contributed by atoms with Crippen molar-refractivity contribution >= 4 is 34.8 Å². The zero-order valence-electron chi connectivity index (χ0n) is 18.9. The average molecular weight is 454 g/mol. The maximum absolute atomic E-state index is 12.9. The molecule has 3 rings (SSSR count). The molecule has 0 aliphatic heterocycles. The summed E-state index contributed by atoms with van der Waals surface area (Å²) in [6.07, 6.45) is 5.61. The summed E-state index contributed by atoms with van der Waals surface area (Å²) >= 11 is 5.46. The third-order valence-corrected chi connectivity index (χ3v) is 5.84. The topological polar surface area (TPSA) is 70.7 Å². The Hall–Kier alpha value is -2.93. The number of nitrogens with one attached hydrogen (secondary N) is 2. The highest BCUT2D eigenvalue weighted by Crippen LogP contribution is 2.22. The second kappa shape index (κ2) is 11.1. The summed E-state index contributed by atoms with van der Waals surface area (Å²) in [5.74, 6) is 0.269. The molecule has 2 aromatic carbocycles. The van der Waals surface area contributed by atoms with E-state index < -0.39 is 0 Å². The number of para-hydroxylation sites is 1. The van der Waals surface area contributed by atoms with E-state index in [4.69, 9.17) is 17.0 Å². The third-order valence-electron chi connectivity index (χ3n) is 5.46. The number of nitrogens with zero attached hydrogens (tertiary/aromatic N) is 1. The van der Waals surface area contributed by atoms with Crippen LogP contribution >= 0.6 is 12.2 Å². The van der Waals surface area contributed by atoms with Crippen LogP contribution in [0.2, 0.25) is 0 Å². The molecule has 1 saturated carbocycles. The van der Waals surface area contributed by atoms with E-state index in [-0.39, 0.29) is 29.1 Å². The van der Waals surface area contributed by atoms with Gasteiger partial charge in [-0.05, 0) is 75.3 Å². The van der Waals surface area contributed by atoms with Crippen molar-refractivity contribution in [3.63, 3.8) is 0 Å². The molecule has 0 bridgehead atoms. The minimum Gasteiger partial charge on any atom is -0.491 e. The van der Waals surface area contributed by atoms with Crippen molar-refractivity contribution in [3.05, 3.63) is 59.7 Å². The van der Waals surface area contributed by atoms with Crippen LogP contribution in [-0.4, -0.2) is 36.1 Å². The summed E-state index contributed by atoms with van der Waals surface area (Å²) < 4.78 is 5.61. The lowest BCUT2D eigenvalue weighted by Crippen LogP contribution is -2.42. The van der Waals surface area contributed by atoms with Crippen molar-refractivity contribution in [1.29, 1.82) is 0 Å². The molecule has 1 aliphatic rings. The van der Waals surface area contributed by atoms with E-state index in [2.05, 4.69) is 10.6 Å². The number of carbonyl (C=O) groups excluding carboxylic acids is 2. The molecule has 2 N–H and O–H groups in total. The largest absolute Gasteiger partial charge is 0.491 e. The van der Waals surface area contributed by atoms with Crippen molar-refractivity contribution in [2.75, 3.05) is 11.9 Å². The molecule has 2 amide bonds. The first-order valence-corrected chi connectivity index (χ1v) is 11.5. The van der Waals surface area contributed by atoms with Crippen LogP contribution in [0.1, 0.15) is 66.7 Å². The van der Waals surface area contributed by atoms with Crippen molar-refractivity contribution in [3.8, 4) is 5.75 Å². The van der Waals surface area contributed by atoms with Gasteiger partial charge in [-0.3, -0.25) is 14.9 Å². The van der Waals surface area contributed by atoms with Crippen molar-refractivity contribution < 1.29 is 14.3 Å². The highest BCUT2D eigenvalue weighted by Gasteiger charge is 2.21. The van der Waals surface area contributed by atoms with Crippen LogP contribution in [0, 0.1) is 0 Å². The molecule has 0 spiro atoms. The van der Waals surface area contributed by atoms with E-state index in [1.807, 2.05) is 32.0 Å². The van der Waals surface area contributed by atoms with E-state index in [1.54, 1.807) is 42.3 Å². The van der Waals surface area contributed by atoms with Gasteiger partial charge in [0.15, 0.2) is 5.11 Å². The van der Waals surface area contributed by atoms with Gasteiger partial charge in [-0.15, -0.1) is 0 Å². The fourth-order valence-electron chi connectivity index (χ4n) is 3.79. The normalized spacial score (nSPS) is 14.0. The van der Waals surface area contributed by atoms with Crippen molar-refractivity contribution in [2.24, 2.45) is 0 Å². The molecule has 2 aromatic rings. The van der Waals surface area contributed by atoms with E-state index in [0.717, 1.165) is 25.7 Å². The summed E-state index contributed by atoms with van der Waals surface area (Å²) in [6.45, 7) is 3.89. The quantitative estimate of drug-likeness (QED) is 0.621. The molecule has 7 heteroatoms. The minimum absolute atomic E-state index is 0.0614. The molecule has 170 valence electrons. The van der Waals surface area contributed by atoms with E-state index in [0.29, 0.717) is 22.6 Å². The summed E-state index contributed by atoms with van der Waals surface area (Å²) in [6, 6.07) is 14.4. The molecular formula is C25H31N3O3S. The van der Waals surface area contributed by atoms with Crippen LogP contribution in [0.3, 0.4) is 0 Å². The molecule has 0 heterocycles. The van der Waals surface area contributed by atoms with Gasteiger partial charge >= 0.3 is 0 Å². The van der Waals surface area contributed by atoms with Crippen molar-refractivity contribution in [1.82, 2.24) is 10.6 Å². The van der Waals surface area contributed by atoms with E-state index in [9.17, 15) is 9.59 Å². The van der Waals surface area contributed by atoms with Crippen LogP contribution in [0.15, 0.2) is 48.5 Å². The Kier molecular flexibility index (Phi) is 8.22. The molecule has 0 aromatic heterocycles. The lowest BCUT2D eigenvalue weighted by atomic mass is 9.95. The maximum atomic E-state index is 12.9. The highest BCUT2D eigenvalue weighted by molar-refractivity contribution is 7.80. The van der Waals surface area contributed by atoms with Crippen molar-refractivity contribution in [2.45, 2.75) is 58.1 Å². The number of carbonyl (C=O) groups is 2. The van der Waals surface area contributed by atoms with Crippen LogP contribution < -0.4 is 20.3 Å². The molecule has 0 unspecified atom stereocenters. The second-order valence-electron chi connectivity index (χ2n) is 8.33. The van der Waals surface area contributed by atoms with Gasteiger partial charge in [0.2, 0.25) is 0 Å². The smallest absolute Gasteiger partial charge is 0.257 e. The molecule has 32 heavy (non-hydrogen) atoms. The van der Waals surface area contributed by atoms with Gasteiger partial charge in [0.25, 0.3) is 11.8 Å². The zero-order chi connectivity index (χ0) is 23.1. The summed E-state index contributed by atoms with van der Waals surface area (Å²) in [5, 5.41) is 6.11. The van der Waals surface area contributed by atoms with Gasteiger partial charge in [-0.1, -0.05) is 31.4 Å². The van der Waals surface area contributed by atoms with Crippen LogP contribution in [0.25, 0.3) is 0 Å². The predicted octanol–water partition coefficient (Wildman–Crippen LogP) is 4.69. The SMILES string of the molecule is CC(C)Oc1ccc(C(=O)NC(=S)N(C)c2ccccc2C(=O)NC2CCCCC2)cc1. The Morgan fingerprint density at radius 3 is 2.31 bits per heavy atom. The minimum atomic E-state index is -0.318. The fraction of sp³-hybridized carbons (Fsp3) is 0.400. The Morgan fingerprint density at radius 2 is 1.66 bits per heavy atom. The second-order valence-corrected chi connectivity index (χ2v) is 8.72. The first-order chi connectivity index (χ1) is 15.3. The van der Waals surface area contributed by atoms with Gasteiger partial charge in [0.1, 0.15) is 5.75 Å². The van der Waals surface area contributed by atoms with Crippen LogP contribution in [0.4, 0.5) is 5.69 Å². The molecule has 1 fully saturated rings. The number of hydrogen-bond donors (Lipinski definition) is 2. The van der Waals surface area contributed by atoms with Gasteiger partial charge in [-0.25, -0.2) is 0 Å². The number of amides is 2. The van der Waals surface area contributed by atoms with Gasteiger partial charge in [-0.2, -0.15) is 0 Å². The molecule has 1 aliphatic carbocycles. The number of rotatable bonds is 6. The number of thiocarbonyl (C=S) groups is 1. The zero-order valence-corrected chi connectivity index (χ0v) is 19.7. The Bertz CT molecular complexity index is 953. The Labute approximate surface area is 195 Å². The number of ether oxygens (including phenoxy) is 1. The number of anilines is 1. The molecule has 0 saturated heterocycles. The first kappa shape index (κ1) is 23.7. The molecular weight excluding hydrogens is 422 g/mol. The van der Waals surface area contributed by atoms with Crippen LogP contribution in [-0.2, 0) is 0 Å². The van der Waals surface area contributed by atoms with E-state index >= 15 is 0 Å². The lowest BCUT2D eigenvalue weighted by molar-refractivity contribution is 0.0927. The summed E-state index contributed by atoms with van der Waals surface area (Å²) in [7, 11) is 1.74. The predicted molar refractivity (Wildman–Crippen MR) is 131 cm³/mol. The van der Waals surface area contributed by atoms with Gasteiger partial charge in [0.05, 0.1) is 17.4 Å². The molecule has 0 radical (unpaired) electrons.